The van der Waals surface area contributed by atoms with Crippen molar-refractivity contribution in [1.29, 1.82) is 0 Å². The van der Waals surface area contributed by atoms with E-state index in [0.29, 0.717) is 16.3 Å². The minimum absolute atomic E-state index is 0.0390. The average Bonchev–Trinajstić information content (AvgIpc) is 2.16. The quantitative estimate of drug-likeness (QED) is 0.577. The fraction of sp³-hybridized carbons (Fsp3) is 0.222. The molecule has 0 bridgehead atoms. The molecule has 13 heavy (non-hydrogen) atoms. The molecule has 0 spiro atoms. The Morgan fingerprint density at radius 3 is 2.69 bits per heavy atom. The Balaban J connectivity index is 3.02. The number of Topliss-reactive ketones (excluding diaryl/α,β-unsaturated/α-hetero) is 1. The predicted molar refractivity (Wildman–Crippen MR) is 53.1 cm³/mol. The van der Waals surface area contributed by atoms with E-state index in [2.05, 4.69) is 0 Å². The van der Waals surface area contributed by atoms with Gasteiger partial charge in [-0.1, -0.05) is 11.6 Å². The Morgan fingerprint density at radius 1 is 1.54 bits per heavy atom. The van der Waals surface area contributed by atoms with Crippen molar-refractivity contribution in [3.63, 3.8) is 0 Å². The maximum absolute atomic E-state index is 11.1. The third kappa shape index (κ3) is 2.36. The van der Waals surface area contributed by atoms with Crippen molar-refractivity contribution in [2.24, 2.45) is 0 Å². The molecule has 0 heterocycles. The van der Waals surface area contributed by atoms with Crippen molar-refractivity contribution >= 4 is 29.0 Å². The van der Waals surface area contributed by atoms with Gasteiger partial charge in [0.25, 0.3) is 0 Å². The van der Waals surface area contributed by atoms with Crippen molar-refractivity contribution in [2.45, 2.75) is 0 Å². The summed E-state index contributed by atoms with van der Waals surface area (Å²) in [6.45, 7) is 0. The Bertz CT molecular complexity index is 323. The van der Waals surface area contributed by atoms with Gasteiger partial charge < -0.3 is 4.74 Å². The van der Waals surface area contributed by atoms with E-state index in [4.69, 9.17) is 27.9 Å². The van der Waals surface area contributed by atoms with Crippen LogP contribution in [0.5, 0.6) is 5.75 Å². The van der Waals surface area contributed by atoms with Crippen LogP contribution in [0.15, 0.2) is 18.2 Å². The summed E-state index contributed by atoms with van der Waals surface area (Å²) in [4.78, 5) is 11.1. The number of ketones is 1. The fourth-order valence-electron chi connectivity index (χ4n) is 0.917. The summed E-state index contributed by atoms with van der Waals surface area (Å²) < 4.78 is 4.94. The average molecular weight is 219 g/mol. The highest BCUT2D eigenvalue weighted by Gasteiger charge is 2.07. The molecule has 0 N–H and O–H groups in total. The van der Waals surface area contributed by atoms with E-state index in [1.807, 2.05) is 0 Å². The second-order valence-corrected chi connectivity index (χ2v) is 3.08. The number of alkyl halides is 1. The van der Waals surface area contributed by atoms with Crippen molar-refractivity contribution in [1.82, 2.24) is 0 Å². The van der Waals surface area contributed by atoms with Gasteiger partial charge in [-0.2, -0.15) is 0 Å². The first-order valence-electron chi connectivity index (χ1n) is 3.61. The second-order valence-electron chi connectivity index (χ2n) is 2.41. The molecule has 0 radical (unpaired) electrons. The fourth-order valence-corrected chi connectivity index (χ4v) is 1.33. The van der Waals surface area contributed by atoms with E-state index in [9.17, 15) is 4.79 Å². The van der Waals surface area contributed by atoms with Crippen LogP contribution in [0.1, 0.15) is 10.4 Å². The van der Waals surface area contributed by atoms with E-state index in [1.54, 1.807) is 18.2 Å². The van der Waals surface area contributed by atoms with Gasteiger partial charge in [0.2, 0.25) is 0 Å². The van der Waals surface area contributed by atoms with E-state index >= 15 is 0 Å². The van der Waals surface area contributed by atoms with Crippen LogP contribution in [0.2, 0.25) is 5.02 Å². The molecule has 1 aromatic rings. The zero-order valence-corrected chi connectivity index (χ0v) is 8.52. The minimum Gasteiger partial charge on any atom is -0.495 e. The first-order chi connectivity index (χ1) is 6.19. The maximum Gasteiger partial charge on any atom is 0.177 e. The third-order valence-electron chi connectivity index (χ3n) is 1.60. The van der Waals surface area contributed by atoms with E-state index < -0.39 is 0 Å². The summed E-state index contributed by atoms with van der Waals surface area (Å²) in [7, 11) is 1.52. The normalized spacial score (nSPS) is 9.77. The largest absolute Gasteiger partial charge is 0.495 e. The molecule has 2 nitrogen and oxygen atoms in total. The molecule has 0 unspecified atom stereocenters. The van der Waals surface area contributed by atoms with Gasteiger partial charge in [-0.25, -0.2) is 0 Å². The predicted octanol–water partition coefficient (Wildman–Crippen LogP) is 2.77. The molecule has 70 valence electrons. The maximum atomic E-state index is 11.1. The molecule has 0 atom stereocenters. The van der Waals surface area contributed by atoms with Crippen molar-refractivity contribution in [3.05, 3.63) is 28.8 Å². The summed E-state index contributed by atoms with van der Waals surface area (Å²) in [5.74, 6) is 0.363. The number of methoxy groups -OCH3 is 1. The third-order valence-corrected chi connectivity index (χ3v) is 2.13. The van der Waals surface area contributed by atoms with Gasteiger partial charge >= 0.3 is 0 Å². The first kappa shape index (κ1) is 10.4. The molecule has 0 aliphatic carbocycles. The summed E-state index contributed by atoms with van der Waals surface area (Å²) in [5, 5.41) is 0.415. The number of carbonyl (C=O) groups is 1. The molecule has 0 fully saturated rings. The second kappa shape index (κ2) is 4.49. The van der Waals surface area contributed by atoms with E-state index in [-0.39, 0.29) is 11.7 Å². The lowest BCUT2D eigenvalue weighted by atomic mass is 10.1. The zero-order valence-electron chi connectivity index (χ0n) is 7.01. The van der Waals surface area contributed by atoms with Crippen molar-refractivity contribution < 1.29 is 9.53 Å². The minimum atomic E-state index is -0.147. The number of hydrogen-bond donors (Lipinski definition) is 0. The summed E-state index contributed by atoms with van der Waals surface area (Å²) in [6.07, 6.45) is 0. The van der Waals surface area contributed by atoms with Crippen LogP contribution in [-0.4, -0.2) is 18.8 Å². The van der Waals surface area contributed by atoms with E-state index in [1.165, 1.54) is 7.11 Å². The number of hydrogen-bond acceptors (Lipinski definition) is 2. The van der Waals surface area contributed by atoms with Crippen LogP contribution in [-0.2, 0) is 0 Å². The molecule has 4 heteroatoms. The number of carbonyl (C=O) groups excluding carboxylic acids is 1. The lowest BCUT2D eigenvalue weighted by molar-refractivity contribution is 0.102. The highest BCUT2D eigenvalue weighted by Crippen LogP contribution is 2.25. The van der Waals surface area contributed by atoms with Gasteiger partial charge in [0, 0.05) is 5.56 Å². The standard InChI is InChI=1S/C9H8Cl2O2/c1-13-9-3-2-6(4-7(9)11)8(12)5-10/h2-4H,5H2,1H3. The van der Waals surface area contributed by atoms with Crippen LogP contribution in [0.25, 0.3) is 0 Å². The summed E-state index contributed by atoms with van der Waals surface area (Å²) >= 11 is 11.2. The SMILES string of the molecule is COc1ccc(C(=O)CCl)cc1Cl. The lowest BCUT2D eigenvalue weighted by Crippen LogP contribution is -2.00. The van der Waals surface area contributed by atoms with Gasteiger partial charge in [0.1, 0.15) is 5.75 Å². The van der Waals surface area contributed by atoms with Crippen LogP contribution in [0, 0.1) is 0 Å². The number of halogens is 2. The Hall–Kier alpha value is -0.730. The van der Waals surface area contributed by atoms with E-state index in [0.717, 1.165) is 0 Å². The number of ether oxygens (including phenoxy) is 1. The number of rotatable bonds is 3. The van der Waals surface area contributed by atoms with Crippen molar-refractivity contribution in [3.8, 4) is 5.75 Å². The van der Waals surface area contributed by atoms with Gasteiger partial charge in [0.05, 0.1) is 18.0 Å². The monoisotopic (exact) mass is 218 g/mol. The Labute approximate surface area is 86.4 Å². The Morgan fingerprint density at radius 2 is 2.23 bits per heavy atom. The molecular formula is C9H8Cl2O2. The smallest absolute Gasteiger partial charge is 0.177 e. The van der Waals surface area contributed by atoms with Gasteiger partial charge in [0.15, 0.2) is 5.78 Å². The van der Waals surface area contributed by atoms with Crippen molar-refractivity contribution in [2.75, 3.05) is 13.0 Å². The van der Waals surface area contributed by atoms with Crippen LogP contribution >= 0.6 is 23.2 Å². The van der Waals surface area contributed by atoms with Gasteiger partial charge in [-0.15, -0.1) is 11.6 Å². The lowest BCUT2D eigenvalue weighted by Gasteiger charge is -2.03. The van der Waals surface area contributed by atoms with Crippen LogP contribution in [0.4, 0.5) is 0 Å². The van der Waals surface area contributed by atoms with Crippen LogP contribution < -0.4 is 4.74 Å². The summed E-state index contributed by atoms with van der Waals surface area (Å²) in [6, 6.07) is 4.82. The molecule has 0 aliphatic heterocycles. The first-order valence-corrected chi connectivity index (χ1v) is 4.53. The molecule has 0 saturated carbocycles. The highest BCUT2D eigenvalue weighted by atomic mass is 35.5. The number of benzene rings is 1. The van der Waals surface area contributed by atoms with Gasteiger partial charge in [-0.3, -0.25) is 4.79 Å². The molecule has 0 saturated heterocycles. The highest BCUT2D eigenvalue weighted by molar-refractivity contribution is 6.33. The molecule has 0 aromatic heterocycles. The molecular weight excluding hydrogens is 211 g/mol. The van der Waals surface area contributed by atoms with Gasteiger partial charge in [-0.05, 0) is 18.2 Å². The molecule has 0 aliphatic rings. The zero-order chi connectivity index (χ0) is 9.84. The topological polar surface area (TPSA) is 26.3 Å². The van der Waals surface area contributed by atoms with Crippen LogP contribution in [0.3, 0.4) is 0 Å². The molecule has 1 aromatic carbocycles. The molecule has 0 amide bonds. The Kier molecular flexibility index (Phi) is 3.58. The summed E-state index contributed by atoms with van der Waals surface area (Å²) in [5.41, 5.74) is 0.501. The molecule has 1 rings (SSSR count).